The smallest absolute Gasteiger partial charge is 0.222 e. The van der Waals surface area contributed by atoms with E-state index in [-0.39, 0.29) is 24.6 Å². The molecule has 0 radical (unpaired) electrons. The average Bonchev–Trinajstić information content (AvgIpc) is 3.09. The van der Waals surface area contributed by atoms with E-state index in [0.29, 0.717) is 5.95 Å². The van der Waals surface area contributed by atoms with Crippen molar-refractivity contribution in [2.75, 3.05) is 30.8 Å². The number of aromatic nitrogens is 2. The predicted molar refractivity (Wildman–Crippen MR) is 96.7 cm³/mol. The molecule has 23 heavy (non-hydrogen) atoms. The number of anilines is 2. The Bertz CT molecular complexity index is 721. The van der Waals surface area contributed by atoms with Crippen LogP contribution in [0.3, 0.4) is 0 Å². The number of nitrogens with zero attached hydrogens (tertiary/aromatic N) is 3. The van der Waals surface area contributed by atoms with Gasteiger partial charge in [-0.1, -0.05) is 0 Å². The van der Waals surface area contributed by atoms with Gasteiger partial charge in [0.2, 0.25) is 5.95 Å². The van der Waals surface area contributed by atoms with Crippen molar-refractivity contribution in [3.8, 4) is 0 Å². The number of rotatable bonds is 2. The third-order valence-electron chi connectivity index (χ3n) is 4.70. The lowest BCUT2D eigenvalue weighted by Crippen LogP contribution is -2.27. The molecule has 0 saturated carbocycles. The first kappa shape index (κ1) is 16.7. The van der Waals surface area contributed by atoms with E-state index >= 15 is 0 Å². The molecule has 0 aromatic carbocycles. The van der Waals surface area contributed by atoms with Gasteiger partial charge in [0.15, 0.2) is 5.82 Å². The average molecular weight is 356 g/mol. The van der Waals surface area contributed by atoms with E-state index in [9.17, 15) is 0 Å². The second-order valence-corrected chi connectivity index (χ2v) is 7.29. The molecule has 1 saturated heterocycles. The van der Waals surface area contributed by atoms with Crippen LogP contribution in [-0.2, 0) is 17.6 Å². The number of nitrogens with two attached hydrogens (primary N) is 2. The molecule has 4 rings (SSSR count). The maximum absolute atomic E-state index is 6.05. The number of thiophene rings is 1. The second kappa shape index (κ2) is 6.39. The highest BCUT2D eigenvalue weighted by Crippen LogP contribution is 2.40. The van der Waals surface area contributed by atoms with E-state index in [1.807, 2.05) is 11.3 Å². The summed E-state index contributed by atoms with van der Waals surface area (Å²) in [6.45, 7) is 1.78. The van der Waals surface area contributed by atoms with E-state index < -0.39 is 0 Å². The van der Waals surface area contributed by atoms with Crippen LogP contribution in [0.2, 0.25) is 0 Å². The van der Waals surface area contributed by atoms with Gasteiger partial charge in [-0.25, -0.2) is 4.98 Å². The summed E-state index contributed by atoms with van der Waals surface area (Å²) in [4.78, 5) is 12.7. The van der Waals surface area contributed by atoms with E-state index in [1.165, 1.54) is 10.4 Å². The van der Waals surface area contributed by atoms with Crippen LogP contribution in [0.15, 0.2) is 0 Å². The van der Waals surface area contributed by atoms with Crippen LogP contribution in [0.25, 0.3) is 10.2 Å². The van der Waals surface area contributed by atoms with E-state index in [2.05, 4.69) is 14.9 Å². The number of ether oxygens (including phenoxy) is 1. The molecule has 1 aliphatic carbocycles. The largest absolute Gasteiger partial charge is 0.381 e. The predicted octanol–water partition coefficient (Wildman–Crippen LogP) is 1.74. The summed E-state index contributed by atoms with van der Waals surface area (Å²) >= 11 is 1.82. The van der Waals surface area contributed by atoms with Gasteiger partial charge >= 0.3 is 0 Å². The Balaban J connectivity index is 0.00000156. The SMILES string of the molecule is COC1CCc2sc3c(N4CC[C@H](N)C4)nc(N)nc3c2C1.Cl. The topological polar surface area (TPSA) is 90.3 Å². The molecule has 2 aromatic rings. The minimum atomic E-state index is 0. The van der Waals surface area contributed by atoms with Gasteiger partial charge in [-0.05, 0) is 24.8 Å². The van der Waals surface area contributed by atoms with Gasteiger partial charge in [0.05, 0.1) is 16.3 Å². The molecular weight excluding hydrogens is 334 g/mol. The first-order valence-electron chi connectivity index (χ1n) is 7.76. The Labute approximate surface area is 145 Å². The first-order chi connectivity index (χ1) is 10.7. The highest BCUT2D eigenvalue weighted by atomic mass is 35.5. The quantitative estimate of drug-likeness (QED) is 0.852. The zero-order valence-electron chi connectivity index (χ0n) is 13.1. The van der Waals surface area contributed by atoms with Crippen LogP contribution in [0.4, 0.5) is 11.8 Å². The van der Waals surface area contributed by atoms with Gasteiger partial charge < -0.3 is 21.1 Å². The van der Waals surface area contributed by atoms with Gasteiger partial charge in [0.25, 0.3) is 0 Å². The van der Waals surface area contributed by atoms with E-state index in [0.717, 1.165) is 54.8 Å². The Morgan fingerprint density at radius 2 is 2.13 bits per heavy atom. The molecule has 126 valence electrons. The lowest BCUT2D eigenvalue weighted by atomic mass is 9.95. The lowest BCUT2D eigenvalue weighted by Gasteiger charge is -2.20. The summed E-state index contributed by atoms with van der Waals surface area (Å²) < 4.78 is 6.70. The summed E-state index contributed by atoms with van der Waals surface area (Å²) in [7, 11) is 1.78. The molecule has 2 aromatic heterocycles. The molecule has 2 aliphatic rings. The van der Waals surface area contributed by atoms with Crippen molar-refractivity contribution in [2.45, 2.75) is 37.8 Å². The van der Waals surface area contributed by atoms with Crippen LogP contribution in [-0.4, -0.2) is 42.3 Å². The van der Waals surface area contributed by atoms with Crippen LogP contribution in [0.5, 0.6) is 0 Å². The summed E-state index contributed by atoms with van der Waals surface area (Å²) in [5.41, 5.74) is 14.3. The van der Waals surface area contributed by atoms with E-state index in [4.69, 9.17) is 16.2 Å². The minimum Gasteiger partial charge on any atom is -0.381 e. The van der Waals surface area contributed by atoms with Crippen LogP contribution in [0, 0.1) is 0 Å². The van der Waals surface area contributed by atoms with Crippen LogP contribution in [0.1, 0.15) is 23.3 Å². The van der Waals surface area contributed by atoms with Crippen molar-refractivity contribution in [3.63, 3.8) is 0 Å². The molecule has 3 heterocycles. The van der Waals surface area contributed by atoms with Crippen molar-refractivity contribution in [1.82, 2.24) is 9.97 Å². The molecule has 1 aliphatic heterocycles. The van der Waals surface area contributed by atoms with Crippen molar-refractivity contribution in [3.05, 3.63) is 10.4 Å². The fourth-order valence-electron chi connectivity index (χ4n) is 3.50. The highest BCUT2D eigenvalue weighted by molar-refractivity contribution is 7.19. The van der Waals surface area contributed by atoms with Gasteiger partial charge in [-0.3, -0.25) is 0 Å². The third-order valence-corrected chi connectivity index (χ3v) is 5.97. The maximum Gasteiger partial charge on any atom is 0.222 e. The molecule has 0 bridgehead atoms. The molecule has 8 heteroatoms. The lowest BCUT2D eigenvalue weighted by molar-refractivity contribution is 0.0919. The molecule has 4 N–H and O–H groups in total. The standard InChI is InChI=1S/C15H21N5OS.ClH/c1-21-9-2-3-11-10(6-9)12-13(22-11)14(19-15(17)18-12)20-5-4-8(16)7-20;/h8-9H,2-7,16H2,1H3,(H2,17,18,19);1H/t8-,9?;/m0./s1. The zero-order valence-corrected chi connectivity index (χ0v) is 14.8. The number of nitrogen functional groups attached to an aromatic ring is 1. The molecule has 0 spiro atoms. The number of fused-ring (bicyclic) bond motifs is 3. The van der Waals surface area contributed by atoms with Gasteiger partial charge in [0, 0.05) is 37.5 Å². The molecule has 2 atom stereocenters. The zero-order chi connectivity index (χ0) is 15.3. The fourth-order valence-corrected chi connectivity index (χ4v) is 4.80. The fraction of sp³-hybridized carbons (Fsp3) is 0.600. The second-order valence-electron chi connectivity index (χ2n) is 6.18. The van der Waals surface area contributed by atoms with Crippen LogP contribution >= 0.6 is 23.7 Å². The number of halogens is 1. The van der Waals surface area contributed by atoms with Gasteiger partial charge in [-0.15, -0.1) is 23.7 Å². The molecule has 1 unspecified atom stereocenters. The monoisotopic (exact) mass is 355 g/mol. The maximum atomic E-state index is 6.05. The third kappa shape index (κ3) is 2.87. The Morgan fingerprint density at radius 1 is 1.30 bits per heavy atom. The van der Waals surface area contributed by atoms with Crippen molar-refractivity contribution in [1.29, 1.82) is 0 Å². The van der Waals surface area contributed by atoms with Crippen molar-refractivity contribution in [2.24, 2.45) is 5.73 Å². The summed E-state index contributed by atoms with van der Waals surface area (Å²) in [6.07, 6.45) is 4.32. The van der Waals surface area contributed by atoms with Crippen molar-refractivity contribution >= 4 is 45.7 Å². The van der Waals surface area contributed by atoms with E-state index in [1.54, 1.807) is 7.11 Å². The number of methoxy groups -OCH3 is 1. The molecule has 1 fully saturated rings. The molecule has 6 nitrogen and oxygen atoms in total. The van der Waals surface area contributed by atoms with Gasteiger partial charge in [0.1, 0.15) is 0 Å². The highest BCUT2D eigenvalue weighted by Gasteiger charge is 2.28. The summed E-state index contributed by atoms with van der Waals surface area (Å²) in [6, 6.07) is 0.221. The van der Waals surface area contributed by atoms with Crippen LogP contribution < -0.4 is 16.4 Å². The minimum absolute atomic E-state index is 0. The number of hydrogen-bond acceptors (Lipinski definition) is 7. The Morgan fingerprint density at radius 3 is 2.83 bits per heavy atom. The summed E-state index contributed by atoms with van der Waals surface area (Å²) in [5.74, 6) is 1.31. The summed E-state index contributed by atoms with van der Waals surface area (Å²) in [5, 5.41) is 0. The Kier molecular flexibility index (Phi) is 4.64. The Hall–Kier alpha value is -1.15. The number of aryl methyl sites for hydroxylation is 1. The van der Waals surface area contributed by atoms with Crippen molar-refractivity contribution < 1.29 is 4.74 Å². The molecular formula is C15H22ClN5OS. The normalized spacial score (nSPS) is 23.8. The van der Waals surface area contributed by atoms with Gasteiger partial charge in [-0.2, -0.15) is 4.98 Å². The molecule has 0 amide bonds. The first-order valence-corrected chi connectivity index (χ1v) is 8.58. The number of hydrogen-bond donors (Lipinski definition) is 2.